The maximum atomic E-state index is 12.5. The SMILES string of the molecule is CN(CC=C1CC2(CCCC2)c2ccccc21)C(=O)C(F)(F)F. The van der Waals surface area contributed by atoms with Crippen molar-refractivity contribution in [3.05, 3.63) is 41.5 Å². The molecule has 2 aliphatic rings. The Morgan fingerprint density at radius 1 is 1.26 bits per heavy atom. The van der Waals surface area contributed by atoms with Crippen LogP contribution in [0.1, 0.15) is 43.2 Å². The van der Waals surface area contributed by atoms with E-state index in [1.807, 2.05) is 18.2 Å². The molecule has 3 rings (SSSR count). The van der Waals surface area contributed by atoms with E-state index in [0.717, 1.165) is 35.3 Å². The number of rotatable bonds is 2. The molecule has 0 radical (unpaired) electrons. The highest BCUT2D eigenvalue weighted by Gasteiger charge is 2.43. The van der Waals surface area contributed by atoms with Crippen molar-refractivity contribution in [2.24, 2.45) is 0 Å². The first-order valence-corrected chi connectivity index (χ1v) is 7.95. The number of halogens is 3. The van der Waals surface area contributed by atoms with Gasteiger partial charge in [0, 0.05) is 13.6 Å². The summed E-state index contributed by atoms with van der Waals surface area (Å²) in [5, 5.41) is 0. The normalized spacial score (nSPS) is 21.0. The van der Waals surface area contributed by atoms with Crippen LogP contribution in [0.25, 0.3) is 5.57 Å². The number of carbonyl (C=O) groups excluding carboxylic acids is 1. The van der Waals surface area contributed by atoms with Crippen LogP contribution >= 0.6 is 0 Å². The van der Waals surface area contributed by atoms with Gasteiger partial charge in [0.1, 0.15) is 0 Å². The maximum Gasteiger partial charge on any atom is 0.471 e. The highest BCUT2D eigenvalue weighted by atomic mass is 19.4. The van der Waals surface area contributed by atoms with Crippen molar-refractivity contribution in [3.63, 3.8) is 0 Å². The minimum Gasteiger partial charge on any atom is -0.334 e. The number of fused-ring (bicyclic) bond motifs is 2. The molecule has 5 heteroatoms. The topological polar surface area (TPSA) is 20.3 Å². The van der Waals surface area contributed by atoms with Crippen molar-refractivity contribution in [1.29, 1.82) is 0 Å². The van der Waals surface area contributed by atoms with Crippen LogP contribution in [0, 0.1) is 0 Å². The lowest BCUT2D eigenvalue weighted by Crippen LogP contribution is -2.38. The molecule has 0 aromatic heterocycles. The lowest BCUT2D eigenvalue weighted by atomic mass is 9.80. The average molecular weight is 323 g/mol. The van der Waals surface area contributed by atoms with Crippen LogP contribution < -0.4 is 0 Å². The molecule has 1 spiro atoms. The Balaban J connectivity index is 1.83. The van der Waals surface area contributed by atoms with Gasteiger partial charge in [-0.25, -0.2) is 0 Å². The summed E-state index contributed by atoms with van der Waals surface area (Å²) < 4.78 is 37.4. The smallest absolute Gasteiger partial charge is 0.334 e. The van der Waals surface area contributed by atoms with Gasteiger partial charge in [-0.15, -0.1) is 0 Å². The largest absolute Gasteiger partial charge is 0.471 e. The summed E-state index contributed by atoms with van der Waals surface area (Å²) in [5.74, 6) is -1.80. The number of alkyl halides is 3. The van der Waals surface area contributed by atoms with Gasteiger partial charge in [-0.2, -0.15) is 13.2 Å². The highest BCUT2D eigenvalue weighted by molar-refractivity contribution is 5.82. The summed E-state index contributed by atoms with van der Waals surface area (Å²) in [7, 11) is 1.19. The van der Waals surface area contributed by atoms with Crippen LogP contribution in [0.15, 0.2) is 30.3 Å². The molecule has 2 nitrogen and oxygen atoms in total. The number of amides is 1. The third kappa shape index (κ3) is 2.89. The first-order chi connectivity index (χ1) is 10.8. The Bertz CT molecular complexity index is 642. The zero-order chi connectivity index (χ0) is 16.7. The predicted molar refractivity (Wildman–Crippen MR) is 82.9 cm³/mol. The van der Waals surface area contributed by atoms with E-state index in [1.54, 1.807) is 6.08 Å². The lowest BCUT2D eigenvalue weighted by molar-refractivity contribution is -0.183. The predicted octanol–water partition coefficient (Wildman–Crippen LogP) is 4.31. The molecule has 0 saturated heterocycles. The van der Waals surface area contributed by atoms with E-state index in [1.165, 1.54) is 25.5 Å². The van der Waals surface area contributed by atoms with Crippen molar-refractivity contribution in [2.75, 3.05) is 13.6 Å². The number of hydrogen-bond acceptors (Lipinski definition) is 1. The second kappa shape index (κ2) is 5.69. The van der Waals surface area contributed by atoms with Gasteiger partial charge in [0.05, 0.1) is 0 Å². The number of likely N-dealkylation sites (N-methyl/N-ethyl adjacent to an activating group) is 1. The Kier molecular flexibility index (Phi) is 3.98. The number of carbonyl (C=O) groups is 1. The Labute approximate surface area is 134 Å². The number of benzene rings is 1. The van der Waals surface area contributed by atoms with Crippen LogP contribution in [-0.2, 0) is 10.2 Å². The van der Waals surface area contributed by atoms with Gasteiger partial charge in [0.15, 0.2) is 0 Å². The molecule has 23 heavy (non-hydrogen) atoms. The van der Waals surface area contributed by atoms with Crippen molar-refractivity contribution in [2.45, 2.75) is 43.7 Å². The first-order valence-electron chi connectivity index (χ1n) is 7.95. The van der Waals surface area contributed by atoms with Crippen LogP contribution in [0.3, 0.4) is 0 Å². The van der Waals surface area contributed by atoms with Gasteiger partial charge in [0.2, 0.25) is 0 Å². The molecule has 0 bridgehead atoms. The van der Waals surface area contributed by atoms with E-state index >= 15 is 0 Å². The van der Waals surface area contributed by atoms with Crippen molar-refractivity contribution >= 4 is 11.5 Å². The van der Waals surface area contributed by atoms with Gasteiger partial charge in [-0.05, 0) is 41.4 Å². The minimum atomic E-state index is -4.81. The number of nitrogens with zero attached hydrogens (tertiary/aromatic N) is 1. The molecular weight excluding hydrogens is 303 g/mol. The summed E-state index contributed by atoms with van der Waals surface area (Å²) >= 11 is 0. The van der Waals surface area contributed by atoms with Crippen molar-refractivity contribution in [3.8, 4) is 0 Å². The first kappa shape index (κ1) is 16.1. The zero-order valence-corrected chi connectivity index (χ0v) is 13.1. The summed E-state index contributed by atoms with van der Waals surface area (Å²) in [6.45, 7) is -0.0158. The fourth-order valence-electron chi connectivity index (χ4n) is 4.01. The lowest BCUT2D eigenvalue weighted by Gasteiger charge is -2.23. The highest BCUT2D eigenvalue weighted by Crippen LogP contribution is 2.54. The van der Waals surface area contributed by atoms with E-state index < -0.39 is 12.1 Å². The van der Waals surface area contributed by atoms with Gasteiger partial charge in [0.25, 0.3) is 0 Å². The van der Waals surface area contributed by atoms with E-state index in [4.69, 9.17) is 0 Å². The minimum absolute atomic E-state index is 0.0158. The van der Waals surface area contributed by atoms with Gasteiger partial charge in [-0.3, -0.25) is 4.79 Å². The maximum absolute atomic E-state index is 12.5. The molecule has 0 heterocycles. The standard InChI is InChI=1S/C18H20F3NO/c1-22(16(23)18(19,20)21)11-8-13-12-17(9-4-5-10-17)15-7-3-2-6-14(13)15/h2-3,6-8H,4-5,9-12H2,1H3. The van der Waals surface area contributed by atoms with Crippen LogP contribution in [0.4, 0.5) is 13.2 Å². The van der Waals surface area contributed by atoms with Crippen molar-refractivity contribution < 1.29 is 18.0 Å². The Hall–Kier alpha value is -1.78. The third-order valence-electron chi connectivity index (χ3n) is 5.13. The fraction of sp³-hybridized carbons (Fsp3) is 0.500. The fourth-order valence-corrected chi connectivity index (χ4v) is 4.01. The Morgan fingerprint density at radius 3 is 2.57 bits per heavy atom. The molecule has 0 aliphatic heterocycles. The molecule has 1 amide bonds. The number of hydrogen-bond donors (Lipinski definition) is 0. The van der Waals surface area contributed by atoms with Crippen LogP contribution in [-0.4, -0.2) is 30.6 Å². The molecule has 1 aromatic rings. The second-order valence-corrected chi connectivity index (χ2v) is 6.62. The summed E-state index contributed by atoms with van der Waals surface area (Å²) in [5.41, 5.74) is 3.70. The zero-order valence-electron chi connectivity index (χ0n) is 13.1. The third-order valence-corrected chi connectivity index (χ3v) is 5.13. The molecule has 1 aromatic carbocycles. The van der Waals surface area contributed by atoms with Gasteiger partial charge < -0.3 is 4.90 Å². The van der Waals surface area contributed by atoms with E-state index in [0.29, 0.717) is 0 Å². The number of allylic oxidation sites excluding steroid dienone is 1. The monoisotopic (exact) mass is 323 g/mol. The molecule has 2 aliphatic carbocycles. The molecule has 0 unspecified atom stereocenters. The molecule has 0 atom stereocenters. The Morgan fingerprint density at radius 2 is 1.91 bits per heavy atom. The van der Waals surface area contributed by atoms with Crippen LogP contribution in [0.5, 0.6) is 0 Å². The molecular formula is C18H20F3NO. The summed E-state index contributed by atoms with van der Waals surface area (Å²) in [4.78, 5) is 12.0. The molecule has 0 N–H and O–H groups in total. The van der Waals surface area contributed by atoms with E-state index in [9.17, 15) is 18.0 Å². The van der Waals surface area contributed by atoms with Crippen molar-refractivity contribution in [1.82, 2.24) is 4.90 Å². The average Bonchev–Trinajstić information content (AvgIpc) is 3.10. The van der Waals surface area contributed by atoms with Crippen LogP contribution in [0.2, 0.25) is 0 Å². The van der Waals surface area contributed by atoms with Gasteiger partial charge >= 0.3 is 12.1 Å². The quantitative estimate of drug-likeness (QED) is 0.794. The molecule has 124 valence electrons. The van der Waals surface area contributed by atoms with Gasteiger partial charge in [-0.1, -0.05) is 43.2 Å². The molecule has 1 fully saturated rings. The second-order valence-electron chi connectivity index (χ2n) is 6.62. The van der Waals surface area contributed by atoms with E-state index in [-0.39, 0.29) is 12.0 Å². The summed E-state index contributed by atoms with van der Waals surface area (Å²) in [6.07, 6.45) is 2.53. The molecule has 1 saturated carbocycles. The van der Waals surface area contributed by atoms with E-state index in [2.05, 4.69) is 6.07 Å². The summed E-state index contributed by atoms with van der Waals surface area (Å²) in [6, 6.07) is 8.18.